The zero-order valence-corrected chi connectivity index (χ0v) is 11.6. The van der Waals surface area contributed by atoms with Gasteiger partial charge < -0.3 is 0 Å². The lowest BCUT2D eigenvalue weighted by atomic mass is 9.97. The highest BCUT2D eigenvalue weighted by atomic mass is 32.2. The lowest BCUT2D eigenvalue weighted by Gasteiger charge is -2.11. The standard InChI is InChI=1S/C12H16N4O2S/c1-9(2)11-6-4-3-5-10(11)7-16-8-12(14-15-16)19(13,17)18/h3-6,8-9H,7H2,1-2H3,(H2,13,17,18). The lowest BCUT2D eigenvalue weighted by molar-refractivity contribution is 0.593. The van der Waals surface area contributed by atoms with Gasteiger partial charge in [0.2, 0.25) is 5.03 Å². The molecule has 0 saturated carbocycles. The van der Waals surface area contributed by atoms with E-state index in [2.05, 4.69) is 30.2 Å². The van der Waals surface area contributed by atoms with E-state index in [1.165, 1.54) is 16.4 Å². The molecule has 0 radical (unpaired) electrons. The third kappa shape index (κ3) is 3.18. The largest absolute Gasteiger partial charge is 0.259 e. The molecule has 2 N–H and O–H groups in total. The fraction of sp³-hybridized carbons (Fsp3) is 0.333. The second kappa shape index (κ2) is 5.10. The minimum absolute atomic E-state index is 0.213. The van der Waals surface area contributed by atoms with Crippen LogP contribution in [0.1, 0.15) is 30.9 Å². The van der Waals surface area contributed by atoms with E-state index >= 15 is 0 Å². The number of benzene rings is 1. The van der Waals surface area contributed by atoms with Crippen molar-refractivity contribution in [2.24, 2.45) is 5.14 Å². The first kappa shape index (κ1) is 13.7. The molecular formula is C12H16N4O2S. The van der Waals surface area contributed by atoms with Gasteiger partial charge in [0, 0.05) is 0 Å². The van der Waals surface area contributed by atoms with E-state index in [-0.39, 0.29) is 5.03 Å². The summed E-state index contributed by atoms with van der Waals surface area (Å²) in [7, 11) is -3.80. The number of primary sulfonamides is 1. The number of nitrogens with two attached hydrogens (primary N) is 1. The Bertz CT molecular complexity index is 677. The molecule has 7 heteroatoms. The highest BCUT2D eigenvalue weighted by Gasteiger charge is 2.14. The van der Waals surface area contributed by atoms with Crippen LogP contribution >= 0.6 is 0 Å². The van der Waals surface area contributed by atoms with Crippen LogP contribution in [0.5, 0.6) is 0 Å². The Morgan fingerprint density at radius 3 is 2.58 bits per heavy atom. The number of sulfonamides is 1. The van der Waals surface area contributed by atoms with Crippen molar-refractivity contribution in [2.75, 3.05) is 0 Å². The van der Waals surface area contributed by atoms with Gasteiger partial charge in [-0.2, -0.15) is 0 Å². The van der Waals surface area contributed by atoms with Crippen molar-refractivity contribution >= 4 is 10.0 Å². The van der Waals surface area contributed by atoms with Gasteiger partial charge in [0.25, 0.3) is 10.0 Å². The summed E-state index contributed by atoms with van der Waals surface area (Å²) in [5.41, 5.74) is 2.29. The molecule has 19 heavy (non-hydrogen) atoms. The summed E-state index contributed by atoms with van der Waals surface area (Å²) in [6.07, 6.45) is 1.34. The second-order valence-corrected chi connectivity index (χ2v) is 6.16. The van der Waals surface area contributed by atoms with Crippen LogP contribution in [0.3, 0.4) is 0 Å². The van der Waals surface area contributed by atoms with Gasteiger partial charge in [0.15, 0.2) is 0 Å². The molecule has 6 nitrogen and oxygen atoms in total. The molecule has 2 aromatic rings. The Hall–Kier alpha value is -1.73. The maximum atomic E-state index is 11.1. The Labute approximate surface area is 112 Å². The van der Waals surface area contributed by atoms with Gasteiger partial charge in [-0.25, -0.2) is 18.2 Å². The molecule has 0 atom stereocenters. The van der Waals surface area contributed by atoms with Crippen molar-refractivity contribution in [3.05, 3.63) is 41.6 Å². The van der Waals surface area contributed by atoms with Gasteiger partial charge in [-0.3, -0.25) is 0 Å². The predicted molar refractivity (Wildman–Crippen MR) is 71.0 cm³/mol. The maximum absolute atomic E-state index is 11.1. The number of nitrogens with zero attached hydrogens (tertiary/aromatic N) is 3. The van der Waals surface area contributed by atoms with E-state index in [4.69, 9.17) is 5.14 Å². The minimum atomic E-state index is -3.80. The van der Waals surface area contributed by atoms with Crippen LogP contribution in [-0.4, -0.2) is 23.4 Å². The molecular weight excluding hydrogens is 264 g/mol. The van der Waals surface area contributed by atoms with Crippen LogP contribution < -0.4 is 5.14 Å². The third-order valence-corrected chi connectivity index (χ3v) is 3.59. The van der Waals surface area contributed by atoms with Gasteiger partial charge in [-0.05, 0) is 17.0 Å². The van der Waals surface area contributed by atoms with Crippen molar-refractivity contribution in [3.63, 3.8) is 0 Å². The number of rotatable bonds is 4. The van der Waals surface area contributed by atoms with E-state index in [0.29, 0.717) is 12.5 Å². The second-order valence-electron chi connectivity index (χ2n) is 4.65. The van der Waals surface area contributed by atoms with Crippen molar-refractivity contribution < 1.29 is 8.42 Å². The maximum Gasteiger partial charge on any atom is 0.259 e. The van der Waals surface area contributed by atoms with Crippen molar-refractivity contribution in [1.29, 1.82) is 0 Å². The van der Waals surface area contributed by atoms with Crippen LogP contribution in [0, 0.1) is 0 Å². The highest BCUT2D eigenvalue weighted by Crippen LogP contribution is 2.19. The molecule has 0 fully saturated rings. The first-order valence-corrected chi connectivity index (χ1v) is 7.43. The minimum Gasteiger partial charge on any atom is -0.247 e. The average molecular weight is 280 g/mol. The third-order valence-electron chi connectivity index (χ3n) is 2.82. The summed E-state index contributed by atoms with van der Waals surface area (Å²) >= 11 is 0. The summed E-state index contributed by atoms with van der Waals surface area (Å²) < 4.78 is 23.7. The van der Waals surface area contributed by atoms with Crippen LogP contribution in [-0.2, 0) is 16.6 Å². The molecule has 102 valence electrons. The first-order valence-electron chi connectivity index (χ1n) is 5.88. The summed E-state index contributed by atoms with van der Waals surface area (Å²) in [6, 6.07) is 7.97. The zero-order valence-electron chi connectivity index (χ0n) is 10.8. The van der Waals surface area contributed by atoms with Crippen molar-refractivity contribution in [2.45, 2.75) is 31.3 Å². The van der Waals surface area contributed by atoms with Crippen LogP contribution in [0.15, 0.2) is 35.5 Å². The first-order chi connectivity index (χ1) is 8.88. The number of hydrogen-bond donors (Lipinski definition) is 1. The molecule has 0 saturated heterocycles. The summed E-state index contributed by atoms with van der Waals surface area (Å²) in [5, 5.41) is 12.1. The van der Waals surface area contributed by atoms with Gasteiger partial charge in [0.05, 0.1) is 12.7 Å². The zero-order chi connectivity index (χ0) is 14.0. The topological polar surface area (TPSA) is 90.9 Å². The molecule has 0 aliphatic rings. The van der Waals surface area contributed by atoms with E-state index < -0.39 is 10.0 Å². The van der Waals surface area contributed by atoms with Gasteiger partial charge >= 0.3 is 0 Å². The van der Waals surface area contributed by atoms with E-state index in [0.717, 1.165) is 5.56 Å². The van der Waals surface area contributed by atoms with E-state index in [9.17, 15) is 8.42 Å². The molecule has 1 aromatic carbocycles. The fourth-order valence-electron chi connectivity index (χ4n) is 1.90. The van der Waals surface area contributed by atoms with Crippen LogP contribution in [0.2, 0.25) is 0 Å². The number of hydrogen-bond acceptors (Lipinski definition) is 4. The van der Waals surface area contributed by atoms with Crippen molar-refractivity contribution in [1.82, 2.24) is 15.0 Å². The van der Waals surface area contributed by atoms with E-state index in [1.807, 2.05) is 18.2 Å². The normalized spacial score (nSPS) is 12.0. The Morgan fingerprint density at radius 1 is 1.32 bits per heavy atom. The molecule has 1 aromatic heterocycles. The van der Waals surface area contributed by atoms with Crippen LogP contribution in [0.25, 0.3) is 0 Å². The molecule has 2 rings (SSSR count). The summed E-state index contributed by atoms with van der Waals surface area (Å²) in [4.78, 5) is 0. The van der Waals surface area contributed by atoms with E-state index in [1.54, 1.807) is 0 Å². The fourth-order valence-corrected chi connectivity index (χ4v) is 2.32. The summed E-state index contributed by atoms with van der Waals surface area (Å²) in [6.45, 7) is 4.68. The van der Waals surface area contributed by atoms with Crippen LogP contribution in [0.4, 0.5) is 0 Å². The molecule has 0 unspecified atom stereocenters. The quantitative estimate of drug-likeness (QED) is 0.907. The monoisotopic (exact) mass is 280 g/mol. The molecule has 0 spiro atoms. The lowest BCUT2D eigenvalue weighted by Crippen LogP contribution is -2.12. The Morgan fingerprint density at radius 2 is 2.00 bits per heavy atom. The Balaban J connectivity index is 2.30. The molecule has 0 aliphatic heterocycles. The van der Waals surface area contributed by atoms with Crippen molar-refractivity contribution in [3.8, 4) is 0 Å². The van der Waals surface area contributed by atoms with Gasteiger partial charge in [0.1, 0.15) is 0 Å². The SMILES string of the molecule is CC(C)c1ccccc1Cn1cc(S(N)(=O)=O)nn1. The number of aromatic nitrogens is 3. The van der Waals surface area contributed by atoms with Gasteiger partial charge in [-0.15, -0.1) is 5.10 Å². The van der Waals surface area contributed by atoms with Gasteiger partial charge in [-0.1, -0.05) is 43.3 Å². The summed E-state index contributed by atoms with van der Waals surface area (Å²) in [5.74, 6) is 0.387. The Kier molecular flexibility index (Phi) is 3.68. The smallest absolute Gasteiger partial charge is 0.247 e. The molecule has 1 heterocycles. The molecule has 0 amide bonds. The highest BCUT2D eigenvalue weighted by molar-refractivity contribution is 7.89. The molecule has 0 aliphatic carbocycles. The molecule has 0 bridgehead atoms. The predicted octanol–water partition coefficient (Wildman–Crippen LogP) is 1.10. The average Bonchev–Trinajstić information content (AvgIpc) is 2.77.